The Bertz CT molecular complexity index is 708. The fourth-order valence-electron chi connectivity index (χ4n) is 2.44. The van der Waals surface area contributed by atoms with Gasteiger partial charge in [0.1, 0.15) is 5.41 Å². The number of aromatic nitrogens is 1. The predicted octanol–water partition coefficient (Wildman–Crippen LogP) is 2.41. The minimum Gasteiger partial charge on any atom is -0.480 e. The van der Waals surface area contributed by atoms with Gasteiger partial charge in [-0.25, -0.2) is 4.98 Å². The number of nitrogens with one attached hydrogen (secondary N) is 1. The lowest BCUT2D eigenvalue weighted by Gasteiger charge is -2.09. The molecule has 0 saturated heterocycles. The number of hydrogen-bond donors (Lipinski definition) is 2. The van der Waals surface area contributed by atoms with Crippen molar-refractivity contribution in [2.24, 2.45) is 5.41 Å². The zero-order chi connectivity index (χ0) is 16.3. The number of benzene rings is 1. The highest BCUT2D eigenvalue weighted by atomic mass is 32.1. The average Bonchev–Trinajstić information content (AvgIpc) is 3.26. The fraction of sp³-hybridized carbons (Fsp3) is 0.353. The van der Waals surface area contributed by atoms with E-state index in [2.05, 4.69) is 22.4 Å². The van der Waals surface area contributed by atoms with Gasteiger partial charge >= 0.3 is 5.97 Å². The number of carboxylic acids is 1. The molecule has 5 nitrogen and oxygen atoms in total. The molecule has 23 heavy (non-hydrogen) atoms. The Balaban J connectivity index is 1.50. The molecule has 0 spiro atoms. The molecule has 1 amide bonds. The molecular weight excluding hydrogens is 312 g/mol. The topological polar surface area (TPSA) is 79.3 Å². The summed E-state index contributed by atoms with van der Waals surface area (Å²) in [5.41, 5.74) is 0.869. The number of aryl methyl sites for hydroxylation is 2. The van der Waals surface area contributed by atoms with Crippen molar-refractivity contribution >= 4 is 23.2 Å². The summed E-state index contributed by atoms with van der Waals surface area (Å²) in [5.74, 6) is -1.43. The van der Waals surface area contributed by atoms with E-state index in [1.807, 2.05) is 23.6 Å². The van der Waals surface area contributed by atoms with Gasteiger partial charge in [-0.2, -0.15) is 0 Å². The molecule has 2 N–H and O–H groups in total. The summed E-state index contributed by atoms with van der Waals surface area (Å²) in [4.78, 5) is 27.5. The molecule has 1 aliphatic rings. The summed E-state index contributed by atoms with van der Waals surface area (Å²) >= 11 is 1.57. The van der Waals surface area contributed by atoms with E-state index in [9.17, 15) is 9.59 Å². The summed E-state index contributed by atoms with van der Waals surface area (Å²) in [6.45, 7) is 0.287. The molecule has 1 aromatic carbocycles. The lowest BCUT2D eigenvalue weighted by atomic mass is 10.1. The second-order valence-corrected chi connectivity index (χ2v) is 6.73. The van der Waals surface area contributed by atoms with Crippen molar-refractivity contribution < 1.29 is 14.7 Å². The van der Waals surface area contributed by atoms with Crippen molar-refractivity contribution in [2.75, 3.05) is 0 Å². The van der Waals surface area contributed by atoms with Crippen LogP contribution < -0.4 is 5.32 Å². The van der Waals surface area contributed by atoms with Crippen LogP contribution >= 0.6 is 11.3 Å². The van der Waals surface area contributed by atoms with Gasteiger partial charge in [0.05, 0.1) is 17.2 Å². The van der Waals surface area contributed by atoms with Crippen LogP contribution in [0.5, 0.6) is 0 Å². The van der Waals surface area contributed by atoms with Gasteiger partial charge in [0.15, 0.2) is 0 Å². The number of aliphatic carboxylic acids is 1. The number of rotatable bonds is 7. The average molecular weight is 330 g/mol. The third kappa shape index (κ3) is 3.59. The Kier molecular flexibility index (Phi) is 4.43. The Morgan fingerprint density at radius 2 is 1.96 bits per heavy atom. The molecule has 6 heteroatoms. The summed E-state index contributed by atoms with van der Waals surface area (Å²) in [5, 5.41) is 14.7. The highest BCUT2D eigenvalue weighted by Crippen LogP contribution is 2.46. The zero-order valence-electron chi connectivity index (χ0n) is 12.6. The SMILES string of the molecule is O=C(O)C1(C(=O)NCc2csc(CCc3ccccc3)n2)CC1. The molecule has 0 unspecified atom stereocenters. The molecule has 0 bridgehead atoms. The maximum Gasteiger partial charge on any atom is 0.319 e. The minimum atomic E-state index is -1.19. The monoisotopic (exact) mass is 330 g/mol. The van der Waals surface area contributed by atoms with E-state index in [0.29, 0.717) is 12.8 Å². The number of carbonyl (C=O) groups excluding carboxylic acids is 1. The van der Waals surface area contributed by atoms with Gasteiger partial charge in [-0.3, -0.25) is 9.59 Å². The van der Waals surface area contributed by atoms with E-state index in [1.54, 1.807) is 11.3 Å². The molecular formula is C17H18N2O3S. The lowest BCUT2D eigenvalue weighted by molar-refractivity contribution is -0.149. The molecule has 1 aromatic heterocycles. The van der Waals surface area contributed by atoms with Crippen LogP contribution in [0.1, 0.15) is 29.1 Å². The molecule has 0 radical (unpaired) electrons. The number of amides is 1. The van der Waals surface area contributed by atoms with Gasteiger partial charge in [-0.05, 0) is 24.8 Å². The maximum absolute atomic E-state index is 11.9. The molecule has 3 rings (SSSR count). The van der Waals surface area contributed by atoms with Crippen LogP contribution in [-0.4, -0.2) is 22.0 Å². The van der Waals surface area contributed by atoms with Crippen LogP contribution in [0.15, 0.2) is 35.7 Å². The van der Waals surface area contributed by atoms with Crippen molar-refractivity contribution in [3.8, 4) is 0 Å². The van der Waals surface area contributed by atoms with E-state index in [-0.39, 0.29) is 6.54 Å². The Morgan fingerprint density at radius 3 is 2.61 bits per heavy atom. The summed E-state index contributed by atoms with van der Waals surface area (Å²) in [7, 11) is 0. The smallest absolute Gasteiger partial charge is 0.319 e. The van der Waals surface area contributed by atoms with E-state index in [4.69, 9.17) is 5.11 Å². The van der Waals surface area contributed by atoms with E-state index in [1.165, 1.54) is 5.56 Å². The number of thiazole rings is 1. The van der Waals surface area contributed by atoms with Gasteiger partial charge in [0, 0.05) is 11.8 Å². The van der Waals surface area contributed by atoms with Crippen molar-refractivity contribution in [3.05, 3.63) is 52.0 Å². The first-order valence-corrected chi connectivity index (χ1v) is 8.47. The number of carbonyl (C=O) groups is 2. The fourth-order valence-corrected chi connectivity index (χ4v) is 3.24. The Labute approximate surface area is 138 Å². The van der Waals surface area contributed by atoms with Gasteiger partial charge in [0.25, 0.3) is 0 Å². The maximum atomic E-state index is 11.9. The summed E-state index contributed by atoms with van der Waals surface area (Å²) in [6, 6.07) is 10.2. The third-order valence-electron chi connectivity index (χ3n) is 4.09. The van der Waals surface area contributed by atoms with Crippen LogP contribution in [0.25, 0.3) is 0 Å². The predicted molar refractivity (Wildman–Crippen MR) is 87.1 cm³/mol. The van der Waals surface area contributed by atoms with Gasteiger partial charge in [-0.1, -0.05) is 30.3 Å². The Morgan fingerprint density at radius 1 is 1.22 bits per heavy atom. The summed E-state index contributed by atoms with van der Waals surface area (Å²) in [6.07, 6.45) is 2.64. The van der Waals surface area contributed by atoms with Crippen LogP contribution in [0, 0.1) is 5.41 Å². The first-order valence-electron chi connectivity index (χ1n) is 7.59. The molecule has 1 aliphatic carbocycles. The highest BCUT2D eigenvalue weighted by Gasteiger charge is 2.56. The zero-order valence-corrected chi connectivity index (χ0v) is 13.4. The molecule has 0 aliphatic heterocycles. The van der Waals surface area contributed by atoms with Crippen molar-refractivity contribution in [1.82, 2.24) is 10.3 Å². The van der Waals surface area contributed by atoms with Crippen LogP contribution in [-0.2, 0) is 29.0 Å². The quantitative estimate of drug-likeness (QED) is 0.764. The molecule has 0 atom stereocenters. The van der Waals surface area contributed by atoms with Crippen molar-refractivity contribution in [3.63, 3.8) is 0 Å². The van der Waals surface area contributed by atoms with Crippen LogP contribution in [0.2, 0.25) is 0 Å². The van der Waals surface area contributed by atoms with Gasteiger partial charge < -0.3 is 10.4 Å². The molecule has 2 aromatic rings. The third-order valence-corrected chi connectivity index (χ3v) is 5.05. The number of carboxylic acid groups (broad SMARTS) is 1. The van der Waals surface area contributed by atoms with Crippen LogP contribution in [0.3, 0.4) is 0 Å². The van der Waals surface area contributed by atoms with Crippen LogP contribution in [0.4, 0.5) is 0 Å². The molecule has 1 heterocycles. The van der Waals surface area contributed by atoms with E-state index < -0.39 is 17.3 Å². The summed E-state index contributed by atoms with van der Waals surface area (Å²) < 4.78 is 0. The second kappa shape index (κ2) is 6.50. The largest absolute Gasteiger partial charge is 0.480 e. The standard InChI is InChI=1S/C17H18N2O3S/c20-15(17(8-9-17)16(21)22)18-10-13-11-23-14(19-13)7-6-12-4-2-1-3-5-12/h1-5,11H,6-10H2,(H,18,20)(H,21,22). The number of hydrogen-bond acceptors (Lipinski definition) is 4. The van der Waals surface area contributed by atoms with Gasteiger partial charge in [-0.15, -0.1) is 11.3 Å². The van der Waals surface area contributed by atoms with E-state index in [0.717, 1.165) is 23.5 Å². The second-order valence-electron chi connectivity index (χ2n) is 5.79. The van der Waals surface area contributed by atoms with Gasteiger partial charge in [0.2, 0.25) is 5.91 Å². The molecule has 120 valence electrons. The van der Waals surface area contributed by atoms with E-state index >= 15 is 0 Å². The molecule has 1 saturated carbocycles. The Hall–Kier alpha value is -2.21. The highest BCUT2D eigenvalue weighted by molar-refractivity contribution is 7.09. The van der Waals surface area contributed by atoms with Crippen molar-refractivity contribution in [2.45, 2.75) is 32.2 Å². The minimum absolute atomic E-state index is 0.287. The first kappa shape index (κ1) is 15.7. The lowest BCUT2D eigenvalue weighted by Crippen LogP contribution is -2.36. The molecule has 1 fully saturated rings. The first-order chi connectivity index (χ1) is 11.1. The van der Waals surface area contributed by atoms with Crippen molar-refractivity contribution in [1.29, 1.82) is 0 Å². The normalized spacial score (nSPS) is 15.1. The number of nitrogens with zero attached hydrogens (tertiary/aromatic N) is 1.